The molecule has 0 aliphatic carbocycles. The molecular formula is C10H11ClFNO2. The molecule has 1 aromatic carbocycles. The van der Waals surface area contributed by atoms with E-state index in [-0.39, 0.29) is 10.6 Å². The first-order valence-electron chi connectivity index (χ1n) is 4.28. The summed E-state index contributed by atoms with van der Waals surface area (Å²) in [6.45, 7) is 0. The number of hydrogen-bond acceptors (Lipinski definition) is 2. The van der Waals surface area contributed by atoms with Gasteiger partial charge in [0.15, 0.2) is 0 Å². The molecule has 0 bridgehead atoms. The second-order valence-corrected chi connectivity index (χ2v) is 3.75. The second-order valence-electron chi connectivity index (χ2n) is 3.35. The van der Waals surface area contributed by atoms with E-state index in [9.17, 15) is 9.18 Å². The highest BCUT2D eigenvalue weighted by Crippen LogP contribution is 2.26. The first-order valence-corrected chi connectivity index (χ1v) is 4.66. The van der Waals surface area contributed by atoms with E-state index in [1.165, 1.54) is 23.1 Å². The van der Waals surface area contributed by atoms with Crippen molar-refractivity contribution in [2.45, 2.75) is 6.04 Å². The van der Waals surface area contributed by atoms with Gasteiger partial charge in [-0.05, 0) is 20.2 Å². The molecule has 82 valence electrons. The molecule has 0 fully saturated rings. The maximum Gasteiger partial charge on any atom is 0.325 e. The first-order chi connectivity index (χ1) is 6.95. The molecule has 0 amide bonds. The molecule has 0 aromatic heterocycles. The quantitative estimate of drug-likeness (QED) is 0.867. The van der Waals surface area contributed by atoms with Crippen LogP contribution in [-0.4, -0.2) is 30.1 Å². The number of likely N-dealkylation sites (N-methyl/N-ethyl adjacent to an activating group) is 1. The largest absolute Gasteiger partial charge is 0.480 e. The van der Waals surface area contributed by atoms with Crippen LogP contribution in [0.5, 0.6) is 0 Å². The summed E-state index contributed by atoms with van der Waals surface area (Å²) in [6.07, 6.45) is 0. The van der Waals surface area contributed by atoms with Gasteiger partial charge in [-0.1, -0.05) is 23.7 Å². The molecular weight excluding hydrogens is 221 g/mol. The number of halogens is 2. The summed E-state index contributed by atoms with van der Waals surface area (Å²) in [5.74, 6) is -1.79. The first kappa shape index (κ1) is 11.9. The summed E-state index contributed by atoms with van der Waals surface area (Å²) in [7, 11) is 3.14. The molecule has 0 aliphatic rings. The molecule has 1 N–H and O–H groups in total. The van der Waals surface area contributed by atoms with Gasteiger partial charge in [0.1, 0.15) is 11.9 Å². The second kappa shape index (κ2) is 4.59. The molecule has 15 heavy (non-hydrogen) atoms. The Kier molecular flexibility index (Phi) is 3.66. The fourth-order valence-electron chi connectivity index (χ4n) is 1.36. The highest BCUT2D eigenvalue weighted by Gasteiger charge is 2.25. The van der Waals surface area contributed by atoms with Gasteiger partial charge < -0.3 is 5.11 Å². The van der Waals surface area contributed by atoms with Crippen LogP contribution in [0.15, 0.2) is 18.2 Å². The van der Waals surface area contributed by atoms with Crippen LogP contribution in [0.4, 0.5) is 4.39 Å². The molecule has 1 rings (SSSR count). The van der Waals surface area contributed by atoms with Crippen molar-refractivity contribution in [3.05, 3.63) is 34.6 Å². The van der Waals surface area contributed by atoms with Crippen LogP contribution in [0.3, 0.4) is 0 Å². The molecule has 0 radical (unpaired) electrons. The Morgan fingerprint density at radius 3 is 2.60 bits per heavy atom. The zero-order chi connectivity index (χ0) is 11.6. The fourth-order valence-corrected chi connectivity index (χ4v) is 1.55. The Hall–Kier alpha value is -1.13. The summed E-state index contributed by atoms with van der Waals surface area (Å²) >= 11 is 5.58. The summed E-state index contributed by atoms with van der Waals surface area (Å²) in [6, 6.07) is 3.30. The minimum atomic E-state index is -1.11. The van der Waals surface area contributed by atoms with Gasteiger partial charge in [0.05, 0.1) is 5.02 Å². The van der Waals surface area contributed by atoms with E-state index in [1.807, 2.05) is 0 Å². The summed E-state index contributed by atoms with van der Waals surface area (Å²) in [5, 5.41) is 8.89. The van der Waals surface area contributed by atoms with Crippen LogP contribution in [-0.2, 0) is 4.79 Å². The lowest BCUT2D eigenvalue weighted by atomic mass is 10.1. The van der Waals surface area contributed by atoms with E-state index < -0.39 is 17.8 Å². The van der Waals surface area contributed by atoms with Crippen molar-refractivity contribution in [3.63, 3.8) is 0 Å². The van der Waals surface area contributed by atoms with Gasteiger partial charge >= 0.3 is 5.97 Å². The minimum Gasteiger partial charge on any atom is -0.480 e. The van der Waals surface area contributed by atoms with E-state index in [4.69, 9.17) is 16.7 Å². The smallest absolute Gasteiger partial charge is 0.325 e. The number of carbonyl (C=O) groups is 1. The van der Waals surface area contributed by atoms with Crippen LogP contribution < -0.4 is 0 Å². The SMILES string of the molecule is CN(C)C(C(=O)O)c1cccc(Cl)c1F. The van der Waals surface area contributed by atoms with Crippen molar-refractivity contribution in [2.75, 3.05) is 14.1 Å². The van der Waals surface area contributed by atoms with Crippen molar-refractivity contribution < 1.29 is 14.3 Å². The third-order valence-corrected chi connectivity index (χ3v) is 2.32. The van der Waals surface area contributed by atoms with Crippen LogP contribution in [0, 0.1) is 5.82 Å². The Morgan fingerprint density at radius 2 is 2.13 bits per heavy atom. The lowest BCUT2D eigenvalue weighted by Crippen LogP contribution is -2.28. The average Bonchev–Trinajstić information content (AvgIpc) is 2.11. The van der Waals surface area contributed by atoms with E-state index in [2.05, 4.69) is 0 Å². The van der Waals surface area contributed by atoms with Crippen molar-refractivity contribution in [1.29, 1.82) is 0 Å². The molecule has 0 spiro atoms. The van der Waals surface area contributed by atoms with Gasteiger partial charge in [0, 0.05) is 5.56 Å². The molecule has 5 heteroatoms. The zero-order valence-corrected chi connectivity index (χ0v) is 9.12. The van der Waals surface area contributed by atoms with Crippen LogP contribution >= 0.6 is 11.6 Å². The predicted octanol–water partition coefficient (Wildman–Crippen LogP) is 2.17. The standard InChI is InChI=1S/C10H11ClFNO2/c1-13(2)9(10(14)15)6-4-3-5-7(11)8(6)12/h3-5,9H,1-2H3,(H,14,15). The molecule has 3 nitrogen and oxygen atoms in total. The highest BCUT2D eigenvalue weighted by molar-refractivity contribution is 6.30. The maximum absolute atomic E-state index is 13.6. The van der Waals surface area contributed by atoms with Crippen LogP contribution in [0.2, 0.25) is 5.02 Å². The number of benzene rings is 1. The molecule has 0 heterocycles. The Morgan fingerprint density at radius 1 is 1.53 bits per heavy atom. The number of rotatable bonds is 3. The molecule has 1 aromatic rings. The number of carboxylic acids is 1. The van der Waals surface area contributed by atoms with Crippen molar-refractivity contribution in [1.82, 2.24) is 4.90 Å². The number of nitrogens with zero attached hydrogens (tertiary/aromatic N) is 1. The molecule has 0 saturated heterocycles. The molecule has 1 atom stereocenters. The summed E-state index contributed by atoms with van der Waals surface area (Å²) in [4.78, 5) is 12.4. The number of carboxylic acid groups (broad SMARTS) is 1. The summed E-state index contributed by atoms with van der Waals surface area (Å²) in [5.41, 5.74) is 0.0694. The Balaban J connectivity index is 3.23. The van der Waals surface area contributed by atoms with Gasteiger partial charge in [0.25, 0.3) is 0 Å². The monoisotopic (exact) mass is 231 g/mol. The fraction of sp³-hybridized carbons (Fsp3) is 0.300. The van der Waals surface area contributed by atoms with Gasteiger partial charge in [-0.3, -0.25) is 9.69 Å². The van der Waals surface area contributed by atoms with Crippen molar-refractivity contribution >= 4 is 17.6 Å². The van der Waals surface area contributed by atoms with E-state index in [0.29, 0.717) is 0 Å². The zero-order valence-electron chi connectivity index (χ0n) is 8.37. The normalized spacial score (nSPS) is 12.9. The van der Waals surface area contributed by atoms with Crippen molar-refractivity contribution in [3.8, 4) is 0 Å². The third-order valence-electron chi connectivity index (χ3n) is 2.03. The van der Waals surface area contributed by atoms with Crippen LogP contribution in [0.25, 0.3) is 0 Å². The van der Waals surface area contributed by atoms with Crippen molar-refractivity contribution in [2.24, 2.45) is 0 Å². The van der Waals surface area contributed by atoms with Gasteiger partial charge in [-0.15, -0.1) is 0 Å². The van der Waals surface area contributed by atoms with E-state index in [0.717, 1.165) is 0 Å². The van der Waals surface area contributed by atoms with Gasteiger partial charge in [0.2, 0.25) is 0 Å². The minimum absolute atomic E-state index is 0.0689. The average molecular weight is 232 g/mol. The Bertz CT molecular complexity index is 382. The molecule has 1 unspecified atom stereocenters. The molecule has 0 saturated carbocycles. The number of hydrogen-bond donors (Lipinski definition) is 1. The summed E-state index contributed by atoms with van der Waals surface area (Å²) < 4.78 is 13.6. The van der Waals surface area contributed by atoms with E-state index in [1.54, 1.807) is 14.1 Å². The van der Waals surface area contributed by atoms with E-state index >= 15 is 0 Å². The topological polar surface area (TPSA) is 40.5 Å². The highest BCUT2D eigenvalue weighted by atomic mass is 35.5. The lowest BCUT2D eigenvalue weighted by Gasteiger charge is -2.20. The number of aliphatic carboxylic acids is 1. The Labute approximate surface area is 92.1 Å². The molecule has 0 aliphatic heterocycles. The maximum atomic E-state index is 13.6. The lowest BCUT2D eigenvalue weighted by molar-refractivity contribution is -0.142. The predicted molar refractivity (Wildman–Crippen MR) is 55.5 cm³/mol. The third kappa shape index (κ3) is 2.46. The van der Waals surface area contributed by atoms with Crippen LogP contribution in [0.1, 0.15) is 11.6 Å². The van der Waals surface area contributed by atoms with Gasteiger partial charge in [-0.25, -0.2) is 4.39 Å². The van der Waals surface area contributed by atoms with Gasteiger partial charge in [-0.2, -0.15) is 0 Å².